The van der Waals surface area contributed by atoms with Gasteiger partial charge in [-0.3, -0.25) is 0 Å². The first-order valence-electron chi connectivity index (χ1n) is 8.42. The van der Waals surface area contributed by atoms with E-state index in [9.17, 15) is 13.2 Å². The zero-order valence-corrected chi connectivity index (χ0v) is 18.6. The topological polar surface area (TPSA) is 104 Å². The van der Waals surface area contributed by atoms with Crippen molar-refractivity contribution < 1.29 is 13.2 Å². The summed E-state index contributed by atoms with van der Waals surface area (Å²) in [5.41, 5.74) is 3.67. The second kappa shape index (κ2) is 8.80. The van der Waals surface area contributed by atoms with Gasteiger partial charge in [-0.05, 0) is 12.1 Å². The molecule has 0 aliphatic carbocycles. The van der Waals surface area contributed by atoms with Gasteiger partial charge in [0.15, 0.2) is 5.70 Å². The van der Waals surface area contributed by atoms with E-state index in [1.807, 2.05) is 20.8 Å². The minimum absolute atomic E-state index is 0.0564. The summed E-state index contributed by atoms with van der Waals surface area (Å²) in [4.78, 5) is 3.91. The molecule has 0 spiro atoms. The number of allylic oxidation sites excluding steroid dienone is 2. The van der Waals surface area contributed by atoms with Crippen molar-refractivity contribution in [3.05, 3.63) is 55.5 Å². The van der Waals surface area contributed by atoms with Crippen molar-refractivity contribution in [1.82, 2.24) is 9.78 Å². The number of nitrogens with two attached hydrogens (primary N) is 1. The molecule has 6 nitrogen and oxygen atoms in total. The minimum atomic E-state index is -4.64. The van der Waals surface area contributed by atoms with E-state index in [1.54, 1.807) is 12.1 Å². The Balaban J connectivity index is 2.77. The van der Waals surface area contributed by atoms with Gasteiger partial charge < -0.3 is 5.73 Å². The van der Waals surface area contributed by atoms with Gasteiger partial charge in [0, 0.05) is 11.6 Å². The van der Waals surface area contributed by atoms with Crippen LogP contribution in [0.15, 0.2) is 28.5 Å². The third kappa shape index (κ3) is 5.13. The van der Waals surface area contributed by atoms with Crippen molar-refractivity contribution in [1.29, 1.82) is 10.5 Å². The molecule has 1 aromatic carbocycles. The highest BCUT2D eigenvalue weighted by Gasteiger charge is 2.33. The third-order valence-electron chi connectivity index (χ3n) is 3.93. The number of aromatic nitrogens is 2. The van der Waals surface area contributed by atoms with Crippen molar-refractivity contribution >= 4 is 41.0 Å². The van der Waals surface area contributed by atoms with Crippen LogP contribution in [-0.4, -0.2) is 16.0 Å². The van der Waals surface area contributed by atoms with E-state index in [0.717, 1.165) is 16.8 Å². The molecule has 0 saturated carbocycles. The van der Waals surface area contributed by atoms with Crippen LogP contribution in [0.2, 0.25) is 15.2 Å². The SMILES string of the molecule is CC(C)(C)c1nn(-c2c(Cl)cc(C(F)(F)F)cc2Cl)c(Cl)c1C=NC(C#N)=C(N)C#N. The maximum absolute atomic E-state index is 13.0. The van der Waals surface area contributed by atoms with E-state index in [-0.39, 0.29) is 32.1 Å². The standard InChI is InChI=1S/C19H14Cl3F3N6/c1-18(2,3)16-10(8-29-14(7-27)13(28)6-26)17(22)31(30-16)15-11(20)4-9(5-12(15)21)19(23,24)25/h4-5,8H,28H2,1-3H3. The molecule has 2 N–H and O–H groups in total. The number of nitrogens with zero attached hydrogens (tertiary/aromatic N) is 5. The average Bonchev–Trinajstić information content (AvgIpc) is 2.97. The summed E-state index contributed by atoms with van der Waals surface area (Å²) in [6.45, 7) is 5.44. The summed E-state index contributed by atoms with van der Waals surface area (Å²) < 4.78 is 40.2. The first-order chi connectivity index (χ1) is 14.2. The summed E-state index contributed by atoms with van der Waals surface area (Å²) >= 11 is 18.6. The van der Waals surface area contributed by atoms with Gasteiger partial charge in [0.25, 0.3) is 0 Å². The predicted molar refractivity (Wildman–Crippen MR) is 112 cm³/mol. The Hall–Kier alpha value is -2.72. The first kappa shape index (κ1) is 24.5. The molecule has 0 atom stereocenters. The van der Waals surface area contributed by atoms with Crippen molar-refractivity contribution in [3.8, 4) is 17.8 Å². The zero-order chi connectivity index (χ0) is 23.7. The molecule has 31 heavy (non-hydrogen) atoms. The Morgan fingerprint density at radius 2 is 1.68 bits per heavy atom. The van der Waals surface area contributed by atoms with Crippen LogP contribution < -0.4 is 5.73 Å². The summed E-state index contributed by atoms with van der Waals surface area (Å²) in [6.07, 6.45) is -3.45. The molecule has 2 rings (SSSR count). The van der Waals surface area contributed by atoms with E-state index in [1.165, 1.54) is 6.21 Å². The van der Waals surface area contributed by atoms with Crippen LogP contribution in [0.3, 0.4) is 0 Å². The Labute approximate surface area is 190 Å². The van der Waals surface area contributed by atoms with Crippen LogP contribution in [0.1, 0.15) is 37.6 Å². The van der Waals surface area contributed by atoms with Crippen molar-refractivity contribution in [2.75, 3.05) is 0 Å². The fourth-order valence-corrected chi connectivity index (χ4v) is 3.41. The van der Waals surface area contributed by atoms with Crippen molar-refractivity contribution in [2.45, 2.75) is 32.4 Å². The Bertz CT molecular complexity index is 1150. The van der Waals surface area contributed by atoms with E-state index in [2.05, 4.69) is 10.1 Å². The summed E-state index contributed by atoms with van der Waals surface area (Å²) in [7, 11) is 0. The van der Waals surface area contributed by atoms with Gasteiger partial charge in [-0.25, -0.2) is 9.67 Å². The van der Waals surface area contributed by atoms with Gasteiger partial charge in [-0.1, -0.05) is 55.6 Å². The van der Waals surface area contributed by atoms with Crippen LogP contribution in [0, 0.1) is 22.7 Å². The lowest BCUT2D eigenvalue weighted by Gasteiger charge is -2.16. The van der Waals surface area contributed by atoms with Crippen LogP contribution in [-0.2, 0) is 11.6 Å². The van der Waals surface area contributed by atoms with E-state index in [0.29, 0.717) is 5.69 Å². The fraction of sp³-hybridized carbons (Fsp3) is 0.263. The number of alkyl halides is 3. The Kier molecular flexibility index (Phi) is 6.97. The second-order valence-electron chi connectivity index (χ2n) is 7.25. The lowest BCUT2D eigenvalue weighted by molar-refractivity contribution is -0.137. The number of rotatable bonds is 3. The van der Waals surface area contributed by atoms with Gasteiger partial charge in [-0.15, -0.1) is 0 Å². The molecule has 0 bridgehead atoms. The molecule has 162 valence electrons. The zero-order valence-electron chi connectivity index (χ0n) is 16.3. The van der Waals surface area contributed by atoms with E-state index in [4.69, 9.17) is 51.1 Å². The number of halogens is 6. The third-order valence-corrected chi connectivity index (χ3v) is 4.87. The van der Waals surface area contributed by atoms with E-state index >= 15 is 0 Å². The number of hydrogen-bond donors (Lipinski definition) is 1. The maximum atomic E-state index is 13.0. The minimum Gasteiger partial charge on any atom is -0.388 e. The lowest BCUT2D eigenvalue weighted by atomic mass is 9.90. The predicted octanol–water partition coefficient (Wildman–Crippen LogP) is 5.79. The number of aliphatic imine (C=N–C) groups is 1. The second-order valence-corrected chi connectivity index (χ2v) is 8.42. The Morgan fingerprint density at radius 3 is 2.10 bits per heavy atom. The summed E-state index contributed by atoms with van der Waals surface area (Å²) in [6, 6.07) is 4.74. The summed E-state index contributed by atoms with van der Waals surface area (Å²) in [5, 5.41) is 21.7. The molecule has 0 radical (unpaired) electrons. The monoisotopic (exact) mass is 488 g/mol. The molecule has 1 aromatic heterocycles. The van der Waals surface area contributed by atoms with Crippen molar-refractivity contribution in [3.63, 3.8) is 0 Å². The van der Waals surface area contributed by atoms with Crippen LogP contribution >= 0.6 is 34.8 Å². The molecule has 0 aliphatic heterocycles. The number of nitriles is 2. The molecule has 0 amide bonds. The molecule has 0 saturated heterocycles. The highest BCUT2D eigenvalue weighted by atomic mass is 35.5. The average molecular weight is 490 g/mol. The highest BCUT2D eigenvalue weighted by molar-refractivity contribution is 6.38. The van der Waals surface area contributed by atoms with Gasteiger partial charge >= 0.3 is 6.18 Å². The first-order valence-corrected chi connectivity index (χ1v) is 9.55. The van der Waals surface area contributed by atoms with Gasteiger partial charge in [0.2, 0.25) is 0 Å². The highest BCUT2D eigenvalue weighted by Crippen LogP contribution is 2.40. The molecule has 1 heterocycles. The van der Waals surface area contributed by atoms with Crippen LogP contribution in [0.25, 0.3) is 5.69 Å². The number of hydrogen-bond acceptors (Lipinski definition) is 5. The normalized spacial score (nSPS) is 13.1. The smallest absolute Gasteiger partial charge is 0.388 e. The van der Waals surface area contributed by atoms with Gasteiger partial charge in [-0.2, -0.15) is 28.8 Å². The van der Waals surface area contributed by atoms with Crippen molar-refractivity contribution in [2.24, 2.45) is 10.7 Å². The molecular formula is C19H14Cl3F3N6. The quantitative estimate of drug-likeness (QED) is 0.435. The lowest BCUT2D eigenvalue weighted by Crippen LogP contribution is -2.15. The molecule has 12 heteroatoms. The maximum Gasteiger partial charge on any atom is 0.416 e. The van der Waals surface area contributed by atoms with Gasteiger partial charge in [0.05, 0.1) is 26.9 Å². The molecule has 0 aliphatic rings. The number of benzene rings is 1. The Morgan fingerprint density at radius 1 is 1.13 bits per heavy atom. The van der Waals surface area contributed by atoms with Gasteiger partial charge in [0.1, 0.15) is 28.7 Å². The molecule has 0 unspecified atom stereocenters. The largest absolute Gasteiger partial charge is 0.416 e. The van der Waals surface area contributed by atoms with Crippen LogP contribution in [0.4, 0.5) is 13.2 Å². The molecular weight excluding hydrogens is 476 g/mol. The summed E-state index contributed by atoms with van der Waals surface area (Å²) in [5.74, 6) is 0. The fourth-order valence-electron chi connectivity index (χ4n) is 2.50. The molecule has 2 aromatic rings. The van der Waals surface area contributed by atoms with Crippen LogP contribution in [0.5, 0.6) is 0 Å². The molecule has 0 fully saturated rings. The van der Waals surface area contributed by atoms with E-state index < -0.39 is 22.9 Å².